The fourth-order valence-electron chi connectivity index (χ4n) is 3.35. The van der Waals surface area contributed by atoms with E-state index in [0.29, 0.717) is 13.0 Å². The highest BCUT2D eigenvalue weighted by molar-refractivity contribution is 5.83. The van der Waals surface area contributed by atoms with Gasteiger partial charge in [0.25, 0.3) is 0 Å². The second-order valence-electron chi connectivity index (χ2n) is 6.39. The van der Waals surface area contributed by atoms with Crippen LogP contribution < -0.4 is 0 Å². The molecule has 0 saturated carbocycles. The maximum atomic E-state index is 11.1. The Morgan fingerprint density at radius 1 is 1.22 bits per heavy atom. The molecule has 0 aliphatic carbocycles. The van der Waals surface area contributed by atoms with Gasteiger partial charge in [-0.1, -0.05) is 36.4 Å². The molecular weight excluding hydrogens is 290 g/mol. The van der Waals surface area contributed by atoms with Gasteiger partial charge in [0.05, 0.1) is 12.0 Å². The molecule has 1 aliphatic rings. The third-order valence-corrected chi connectivity index (χ3v) is 4.73. The van der Waals surface area contributed by atoms with Gasteiger partial charge in [-0.3, -0.25) is 4.79 Å². The molecular formula is C19H23NO3. The minimum atomic E-state index is -0.704. The van der Waals surface area contributed by atoms with Crippen LogP contribution in [0, 0.1) is 5.92 Å². The van der Waals surface area contributed by atoms with E-state index in [4.69, 9.17) is 5.11 Å². The van der Waals surface area contributed by atoms with Gasteiger partial charge >= 0.3 is 5.97 Å². The lowest BCUT2D eigenvalue weighted by atomic mass is 9.97. The first-order chi connectivity index (χ1) is 11.1. The minimum Gasteiger partial charge on any atom is -0.481 e. The number of hydrogen-bond acceptors (Lipinski definition) is 3. The van der Waals surface area contributed by atoms with E-state index in [1.165, 1.54) is 5.39 Å². The van der Waals surface area contributed by atoms with Crippen LogP contribution in [0.25, 0.3) is 10.8 Å². The highest BCUT2D eigenvalue weighted by Crippen LogP contribution is 2.24. The number of aliphatic carboxylic acids is 1. The number of rotatable bonds is 5. The van der Waals surface area contributed by atoms with Crippen LogP contribution in [-0.4, -0.2) is 40.7 Å². The molecule has 0 aromatic heterocycles. The number of piperidine rings is 1. The number of fused-ring (bicyclic) bond motifs is 1. The molecule has 2 aromatic carbocycles. The van der Waals surface area contributed by atoms with Crippen LogP contribution in [0.3, 0.4) is 0 Å². The maximum Gasteiger partial charge on any atom is 0.307 e. The summed E-state index contributed by atoms with van der Waals surface area (Å²) in [4.78, 5) is 13.3. The summed E-state index contributed by atoms with van der Waals surface area (Å²) >= 11 is 0. The predicted molar refractivity (Wildman–Crippen MR) is 90.3 cm³/mol. The van der Waals surface area contributed by atoms with Gasteiger partial charge in [0.15, 0.2) is 0 Å². The van der Waals surface area contributed by atoms with Crippen LogP contribution in [0.2, 0.25) is 0 Å². The zero-order valence-corrected chi connectivity index (χ0v) is 13.2. The molecule has 0 bridgehead atoms. The monoisotopic (exact) mass is 313 g/mol. The molecule has 23 heavy (non-hydrogen) atoms. The van der Waals surface area contributed by atoms with Crippen molar-refractivity contribution >= 4 is 16.7 Å². The van der Waals surface area contributed by atoms with Gasteiger partial charge < -0.3 is 15.1 Å². The van der Waals surface area contributed by atoms with E-state index < -0.39 is 12.1 Å². The molecule has 4 nitrogen and oxygen atoms in total. The molecule has 0 amide bonds. The van der Waals surface area contributed by atoms with Gasteiger partial charge in [-0.25, -0.2) is 0 Å². The van der Waals surface area contributed by atoms with Crippen LogP contribution in [0.15, 0.2) is 42.5 Å². The first-order valence-corrected chi connectivity index (χ1v) is 8.25. The second kappa shape index (κ2) is 7.11. The first-order valence-electron chi connectivity index (χ1n) is 8.25. The average molecular weight is 313 g/mol. The van der Waals surface area contributed by atoms with Crippen LogP contribution in [0.4, 0.5) is 0 Å². The van der Waals surface area contributed by atoms with E-state index in [0.717, 1.165) is 36.9 Å². The number of carboxylic acids is 1. The fraction of sp³-hybridized carbons (Fsp3) is 0.421. The number of likely N-dealkylation sites (tertiary alicyclic amines) is 1. The highest BCUT2D eigenvalue weighted by atomic mass is 16.4. The van der Waals surface area contributed by atoms with Crippen LogP contribution in [0.1, 0.15) is 30.9 Å². The quantitative estimate of drug-likeness (QED) is 0.890. The average Bonchev–Trinajstić information content (AvgIpc) is 2.59. The van der Waals surface area contributed by atoms with Crippen molar-refractivity contribution in [1.29, 1.82) is 0 Å². The SMILES string of the molecule is O=C(O)C1CCCN(CCC(O)c2ccc3ccccc3c2)C1. The van der Waals surface area contributed by atoms with Crippen molar-refractivity contribution in [3.8, 4) is 0 Å². The number of nitrogens with zero attached hydrogens (tertiary/aromatic N) is 1. The number of benzene rings is 2. The van der Waals surface area contributed by atoms with Crippen molar-refractivity contribution in [2.24, 2.45) is 5.92 Å². The predicted octanol–water partition coefficient (Wildman–Crippen LogP) is 3.06. The Morgan fingerprint density at radius 2 is 2.00 bits per heavy atom. The molecule has 0 radical (unpaired) electrons. The molecule has 3 rings (SSSR count). The summed E-state index contributed by atoms with van der Waals surface area (Å²) in [5, 5.41) is 21.9. The van der Waals surface area contributed by atoms with E-state index >= 15 is 0 Å². The lowest BCUT2D eigenvalue weighted by Gasteiger charge is -2.31. The lowest BCUT2D eigenvalue weighted by molar-refractivity contribution is -0.143. The molecule has 2 N–H and O–H groups in total. The molecule has 1 heterocycles. The Kier molecular flexibility index (Phi) is 4.94. The summed E-state index contributed by atoms with van der Waals surface area (Å²) in [6, 6.07) is 14.2. The van der Waals surface area contributed by atoms with Crippen molar-refractivity contribution < 1.29 is 15.0 Å². The van der Waals surface area contributed by atoms with E-state index in [1.54, 1.807) is 0 Å². The number of carbonyl (C=O) groups is 1. The molecule has 1 fully saturated rings. The van der Waals surface area contributed by atoms with Crippen molar-refractivity contribution in [2.75, 3.05) is 19.6 Å². The van der Waals surface area contributed by atoms with Crippen molar-refractivity contribution in [1.82, 2.24) is 4.90 Å². The third kappa shape index (κ3) is 3.89. The van der Waals surface area contributed by atoms with Gasteiger partial charge in [-0.2, -0.15) is 0 Å². The third-order valence-electron chi connectivity index (χ3n) is 4.73. The Hall–Kier alpha value is -1.91. The Balaban J connectivity index is 1.59. The molecule has 122 valence electrons. The summed E-state index contributed by atoms with van der Waals surface area (Å²) in [5.74, 6) is -0.966. The number of hydrogen-bond donors (Lipinski definition) is 2. The van der Waals surface area contributed by atoms with E-state index in [2.05, 4.69) is 11.0 Å². The van der Waals surface area contributed by atoms with Gasteiger partial charge in [-0.05, 0) is 48.2 Å². The smallest absolute Gasteiger partial charge is 0.307 e. The van der Waals surface area contributed by atoms with Gasteiger partial charge in [-0.15, -0.1) is 0 Å². The van der Waals surface area contributed by atoms with Crippen molar-refractivity contribution in [2.45, 2.75) is 25.4 Å². The molecule has 4 heteroatoms. The maximum absolute atomic E-state index is 11.1. The highest BCUT2D eigenvalue weighted by Gasteiger charge is 2.25. The number of carboxylic acid groups (broad SMARTS) is 1. The van der Waals surface area contributed by atoms with Crippen molar-refractivity contribution in [3.05, 3.63) is 48.0 Å². The lowest BCUT2D eigenvalue weighted by Crippen LogP contribution is -2.39. The molecule has 2 aromatic rings. The van der Waals surface area contributed by atoms with Crippen LogP contribution >= 0.6 is 0 Å². The summed E-state index contributed by atoms with van der Waals surface area (Å²) in [6.07, 6.45) is 1.80. The van der Waals surface area contributed by atoms with Gasteiger partial charge in [0.1, 0.15) is 0 Å². The normalized spacial score (nSPS) is 20.5. The zero-order chi connectivity index (χ0) is 16.2. The minimum absolute atomic E-state index is 0.262. The Morgan fingerprint density at radius 3 is 2.78 bits per heavy atom. The standard InChI is InChI=1S/C19H23NO3/c21-18(9-11-20-10-3-6-17(13-20)19(22)23)16-8-7-14-4-1-2-5-15(14)12-16/h1-2,4-5,7-8,12,17-18,21H,3,6,9-11,13H2,(H,22,23). The number of aliphatic hydroxyl groups excluding tert-OH is 1. The van der Waals surface area contributed by atoms with Gasteiger partial charge in [0.2, 0.25) is 0 Å². The molecule has 0 spiro atoms. The van der Waals surface area contributed by atoms with Crippen LogP contribution in [-0.2, 0) is 4.79 Å². The summed E-state index contributed by atoms with van der Waals surface area (Å²) in [6.45, 7) is 2.26. The van der Waals surface area contributed by atoms with Gasteiger partial charge in [0, 0.05) is 13.1 Å². The zero-order valence-electron chi connectivity index (χ0n) is 13.2. The topological polar surface area (TPSA) is 60.8 Å². The van der Waals surface area contributed by atoms with Crippen LogP contribution in [0.5, 0.6) is 0 Å². The summed E-state index contributed by atoms with van der Waals surface area (Å²) in [7, 11) is 0. The molecule has 2 unspecified atom stereocenters. The Bertz CT molecular complexity index is 685. The molecule has 2 atom stereocenters. The van der Waals surface area contributed by atoms with Crippen molar-refractivity contribution in [3.63, 3.8) is 0 Å². The fourth-order valence-corrected chi connectivity index (χ4v) is 3.35. The summed E-state index contributed by atoms with van der Waals surface area (Å²) < 4.78 is 0. The number of aliphatic hydroxyl groups is 1. The largest absolute Gasteiger partial charge is 0.481 e. The second-order valence-corrected chi connectivity index (χ2v) is 6.39. The molecule has 1 saturated heterocycles. The Labute approximate surface area is 136 Å². The van der Waals surface area contributed by atoms with E-state index in [-0.39, 0.29) is 5.92 Å². The van der Waals surface area contributed by atoms with E-state index in [1.807, 2.05) is 36.4 Å². The van der Waals surface area contributed by atoms with E-state index in [9.17, 15) is 9.90 Å². The first kappa shape index (κ1) is 16.0. The summed E-state index contributed by atoms with van der Waals surface area (Å²) in [5.41, 5.74) is 0.926. The molecule has 1 aliphatic heterocycles.